The number of nitrogens with zero attached hydrogens (tertiary/aromatic N) is 2. The first kappa shape index (κ1) is 11.8. The second-order valence-electron chi connectivity index (χ2n) is 3.59. The fourth-order valence-corrected chi connectivity index (χ4v) is 1.74. The number of hydrogen-bond donors (Lipinski definition) is 1. The van der Waals surface area contributed by atoms with Crippen LogP contribution in [-0.4, -0.2) is 53.5 Å². The van der Waals surface area contributed by atoms with Crippen molar-refractivity contribution in [1.29, 1.82) is 0 Å². The summed E-state index contributed by atoms with van der Waals surface area (Å²) in [6.07, 6.45) is 0.865. The average Bonchev–Trinajstić information content (AvgIpc) is 2.27. The van der Waals surface area contributed by atoms with Gasteiger partial charge in [-0.15, -0.1) is 0 Å². The highest BCUT2D eigenvalue weighted by molar-refractivity contribution is 6.22. The third-order valence-corrected chi connectivity index (χ3v) is 2.87. The molecule has 0 aromatic rings. The molecule has 16 heavy (non-hydrogen) atoms. The number of rotatable bonds is 0. The molecule has 0 radical (unpaired) electrons. The van der Waals surface area contributed by atoms with E-state index in [-0.39, 0.29) is 5.84 Å². The minimum atomic E-state index is -3.21. The van der Waals surface area contributed by atoms with Gasteiger partial charge >= 0.3 is 0 Å². The topological polar surface area (TPSA) is 45.1 Å². The summed E-state index contributed by atoms with van der Waals surface area (Å²) in [5, 5.41) is 9.04. The van der Waals surface area contributed by atoms with Gasteiger partial charge in [0, 0.05) is 19.2 Å². The average molecular weight is 253 g/mol. The van der Waals surface area contributed by atoms with Crippen LogP contribution >= 0.6 is 11.6 Å². The number of amidine groups is 1. The number of morpholine rings is 1. The molecule has 0 bridgehead atoms. The van der Waals surface area contributed by atoms with Crippen LogP contribution in [0.3, 0.4) is 0 Å². The number of alkyl halides is 2. The lowest BCUT2D eigenvalue weighted by Crippen LogP contribution is -2.45. The Morgan fingerprint density at radius 3 is 2.75 bits per heavy atom. The molecule has 1 saturated heterocycles. The van der Waals surface area contributed by atoms with Crippen molar-refractivity contribution >= 4 is 17.4 Å². The van der Waals surface area contributed by atoms with Gasteiger partial charge in [0.05, 0.1) is 13.2 Å². The maximum atomic E-state index is 13.2. The zero-order valence-corrected chi connectivity index (χ0v) is 9.12. The highest BCUT2D eigenvalue weighted by atomic mass is 35.5. The highest BCUT2D eigenvalue weighted by Crippen LogP contribution is 2.32. The monoisotopic (exact) mass is 252 g/mol. The van der Waals surface area contributed by atoms with E-state index < -0.39 is 17.2 Å². The van der Waals surface area contributed by atoms with E-state index in [0.717, 1.165) is 6.08 Å². The van der Waals surface area contributed by atoms with Gasteiger partial charge in [-0.3, -0.25) is 0 Å². The molecule has 2 unspecified atom stereocenters. The Hall–Kier alpha value is -0.720. The van der Waals surface area contributed by atoms with E-state index in [2.05, 4.69) is 4.99 Å². The summed E-state index contributed by atoms with van der Waals surface area (Å²) in [6.45, 7) is 2.08. The Labute approximate surface area is 96.2 Å². The van der Waals surface area contributed by atoms with E-state index in [9.17, 15) is 8.78 Å². The predicted octanol–water partition coefficient (Wildman–Crippen LogP) is 0.807. The Morgan fingerprint density at radius 1 is 1.56 bits per heavy atom. The highest BCUT2D eigenvalue weighted by Gasteiger charge is 2.44. The number of halogens is 3. The third kappa shape index (κ3) is 2.05. The van der Waals surface area contributed by atoms with Gasteiger partial charge in [0.1, 0.15) is 5.84 Å². The molecule has 2 atom stereocenters. The summed E-state index contributed by atoms with van der Waals surface area (Å²) in [5.74, 6) is -4.29. The first-order valence-electron chi connectivity index (χ1n) is 4.85. The molecule has 2 aliphatic rings. The standard InChI is InChI=1S/C9H11ClF2N2O2/c10-8-9(12,15)6(11)5-7(13-8)14-1-3-16-4-2-14/h5,8,15H,1-4H2. The van der Waals surface area contributed by atoms with Crippen molar-refractivity contribution in [2.45, 2.75) is 11.4 Å². The fourth-order valence-electron chi connectivity index (χ4n) is 1.53. The van der Waals surface area contributed by atoms with Crippen molar-refractivity contribution in [2.75, 3.05) is 26.3 Å². The van der Waals surface area contributed by atoms with Gasteiger partial charge in [-0.2, -0.15) is 0 Å². The summed E-state index contributed by atoms with van der Waals surface area (Å²) >= 11 is 5.47. The summed E-state index contributed by atoms with van der Waals surface area (Å²) < 4.78 is 31.6. The molecule has 2 heterocycles. The van der Waals surface area contributed by atoms with Crippen LogP contribution in [0.4, 0.5) is 8.78 Å². The van der Waals surface area contributed by atoms with Crippen molar-refractivity contribution in [3.63, 3.8) is 0 Å². The van der Waals surface area contributed by atoms with Crippen molar-refractivity contribution < 1.29 is 18.6 Å². The zero-order chi connectivity index (χ0) is 11.8. The fraction of sp³-hybridized carbons (Fsp3) is 0.667. The van der Waals surface area contributed by atoms with E-state index in [4.69, 9.17) is 21.4 Å². The first-order chi connectivity index (χ1) is 7.51. The largest absolute Gasteiger partial charge is 0.378 e. The molecule has 1 N–H and O–H groups in total. The smallest absolute Gasteiger partial charge is 0.296 e. The van der Waals surface area contributed by atoms with E-state index in [1.165, 1.54) is 0 Å². The molecule has 0 saturated carbocycles. The van der Waals surface area contributed by atoms with E-state index in [1.54, 1.807) is 4.90 Å². The second kappa shape index (κ2) is 4.27. The number of dihydropyridines is 1. The molecular formula is C9H11ClF2N2O2. The predicted molar refractivity (Wildman–Crippen MR) is 54.7 cm³/mol. The van der Waals surface area contributed by atoms with Crippen LogP contribution < -0.4 is 0 Å². The van der Waals surface area contributed by atoms with Crippen molar-refractivity contribution in [3.05, 3.63) is 11.9 Å². The van der Waals surface area contributed by atoms with Crippen LogP contribution in [0, 0.1) is 0 Å². The van der Waals surface area contributed by atoms with Crippen LogP contribution in [0.5, 0.6) is 0 Å². The van der Waals surface area contributed by atoms with Gasteiger partial charge in [0.25, 0.3) is 5.85 Å². The van der Waals surface area contributed by atoms with Gasteiger partial charge in [0.15, 0.2) is 11.3 Å². The lowest BCUT2D eigenvalue weighted by atomic mass is 10.2. The van der Waals surface area contributed by atoms with E-state index in [1.807, 2.05) is 0 Å². The molecular weight excluding hydrogens is 242 g/mol. The Morgan fingerprint density at radius 2 is 2.19 bits per heavy atom. The second-order valence-corrected chi connectivity index (χ2v) is 4.00. The number of aliphatic hydroxyl groups is 1. The van der Waals surface area contributed by atoms with Crippen LogP contribution in [-0.2, 0) is 4.74 Å². The van der Waals surface area contributed by atoms with Crippen molar-refractivity contribution in [2.24, 2.45) is 4.99 Å². The first-order valence-corrected chi connectivity index (χ1v) is 5.29. The van der Waals surface area contributed by atoms with Gasteiger partial charge in [-0.1, -0.05) is 11.6 Å². The molecule has 0 aromatic heterocycles. The summed E-state index contributed by atoms with van der Waals surface area (Å²) in [6, 6.07) is 0. The lowest BCUT2D eigenvalue weighted by Gasteiger charge is -2.32. The summed E-state index contributed by atoms with van der Waals surface area (Å²) in [5.41, 5.74) is -1.66. The quantitative estimate of drug-likeness (QED) is 0.513. The zero-order valence-electron chi connectivity index (χ0n) is 8.37. The molecule has 2 aliphatic heterocycles. The van der Waals surface area contributed by atoms with Crippen LogP contribution in [0.15, 0.2) is 16.9 Å². The number of ether oxygens (including phenoxy) is 1. The molecule has 4 nitrogen and oxygen atoms in total. The van der Waals surface area contributed by atoms with Gasteiger partial charge in [-0.25, -0.2) is 13.8 Å². The van der Waals surface area contributed by atoms with Gasteiger partial charge < -0.3 is 14.7 Å². The van der Waals surface area contributed by atoms with Crippen molar-refractivity contribution in [1.82, 2.24) is 4.90 Å². The molecule has 0 aliphatic carbocycles. The lowest BCUT2D eigenvalue weighted by molar-refractivity contribution is -0.0724. The van der Waals surface area contributed by atoms with Crippen molar-refractivity contribution in [3.8, 4) is 0 Å². The number of aliphatic imine (C=N–C) groups is 1. The normalized spacial score (nSPS) is 35.8. The third-order valence-electron chi connectivity index (χ3n) is 2.49. The minimum Gasteiger partial charge on any atom is -0.378 e. The Balaban J connectivity index is 2.18. The number of hydrogen-bond acceptors (Lipinski definition) is 4. The van der Waals surface area contributed by atoms with Crippen LogP contribution in [0.2, 0.25) is 0 Å². The molecule has 7 heteroatoms. The Bertz CT molecular complexity index is 340. The minimum absolute atomic E-state index is 0.239. The summed E-state index contributed by atoms with van der Waals surface area (Å²) in [4.78, 5) is 5.45. The maximum absolute atomic E-state index is 13.2. The molecule has 0 amide bonds. The molecule has 2 rings (SSSR count). The molecule has 1 fully saturated rings. The van der Waals surface area contributed by atoms with E-state index >= 15 is 0 Å². The van der Waals surface area contributed by atoms with Gasteiger partial charge in [0.2, 0.25) is 0 Å². The Kier molecular flexibility index (Phi) is 3.14. The molecule has 0 spiro atoms. The maximum Gasteiger partial charge on any atom is 0.296 e. The van der Waals surface area contributed by atoms with E-state index in [0.29, 0.717) is 26.3 Å². The van der Waals surface area contributed by atoms with Gasteiger partial charge in [-0.05, 0) is 0 Å². The molecule has 0 aromatic carbocycles. The summed E-state index contributed by atoms with van der Waals surface area (Å²) in [7, 11) is 0. The van der Waals surface area contributed by atoms with Crippen LogP contribution in [0.25, 0.3) is 0 Å². The van der Waals surface area contributed by atoms with Crippen LogP contribution in [0.1, 0.15) is 0 Å². The SMILES string of the molecule is OC1(F)C(F)=CC(N2CCOCC2)=NC1Cl. The molecule has 90 valence electrons.